The van der Waals surface area contributed by atoms with Crippen LogP contribution in [0.25, 0.3) is 0 Å². The van der Waals surface area contributed by atoms with Crippen molar-refractivity contribution in [3.05, 3.63) is 29.3 Å². The zero-order chi connectivity index (χ0) is 17.6. The van der Waals surface area contributed by atoms with Crippen LogP contribution in [0.3, 0.4) is 0 Å². The number of ether oxygens (including phenoxy) is 1. The first kappa shape index (κ1) is 17.4. The second kappa shape index (κ2) is 6.61. The molecule has 0 radical (unpaired) electrons. The van der Waals surface area contributed by atoms with E-state index in [0.29, 0.717) is 5.92 Å². The van der Waals surface area contributed by atoms with Crippen molar-refractivity contribution in [2.45, 2.75) is 76.7 Å². The molecule has 0 spiro atoms. The van der Waals surface area contributed by atoms with Gasteiger partial charge in [-0.25, -0.2) is 0 Å². The van der Waals surface area contributed by atoms with Crippen molar-refractivity contribution in [1.82, 2.24) is 4.90 Å². The lowest BCUT2D eigenvalue weighted by Gasteiger charge is -2.40. The lowest BCUT2D eigenvalue weighted by Crippen LogP contribution is -2.43. The molecule has 2 heteroatoms. The molecule has 2 saturated carbocycles. The molecule has 1 unspecified atom stereocenters. The van der Waals surface area contributed by atoms with E-state index < -0.39 is 0 Å². The van der Waals surface area contributed by atoms with E-state index in [1.165, 1.54) is 62.7 Å². The standard InChI is InChI=1S/C23H35NO/c1-23(2,3)19-7-8-22(25-4)20(15-19)17-9-11-24(12-10-17)21-14-16-5-6-18(21)13-16/h7-8,15-18,21H,5-6,9-14H2,1-4H3/t16-,18?,21+/m0/s1. The predicted octanol–water partition coefficient (Wildman–Crippen LogP) is 5.36. The normalized spacial score (nSPS) is 30.8. The molecule has 138 valence electrons. The fourth-order valence-electron chi connectivity index (χ4n) is 5.72. The molecule has 1 heterocycles. The minimum atomic E-state index is 0.199. The van der Waals surface area contributed by atoms with Crippen LogP contribution >= 0.6 is 0 Å². The molecule has 4 rings (SSSR count). The summed E-state index contributed by atoms with van der Waals surface area (Å²) < 4.78 is 5.72. The van der Waals surface area contributed by atoms with Crippen LogP contribution in [0, 0.1) is 11.8 Å². The highest BCUT2D eigenvalue weighted by Gasteiger charge is 2.43. The quantitative estimate of drug-likeness (QED) is 0.734. The van der Waals surface area contributed by atoms with Crippen LogP contribution in [-0.4, -0.2) is 31.1 Å². The first-order chi connectivity index (χ1) is 12.0. The summed E-state index contributed by atoms with van der Waals surface area (Å²) in [5, 5.41) is 0. The van der Waals surface area contributed by atoms with Crippen molar-refractivity contribution in [2.75, 3.05) is 20.2 Å². The molecule has 2 bridgehead atoms. The monoisotopic (exact) mass is 341 g/mol. The first-order valence-corrected chi connectivity index (χ1v) is 10.4. The molecule has 1 aliphatic heterocycles. The molecule has 1 saturated heterocycles. The maximum absolute atomic E-state index is 5.72. The Kier molecular flexibility index (Phi) is 4.60. The highest BCUT2D eigenvalue weighted by Crippen LogP contribution is 2.48. The molecule has 3 atom stereocenters. The van der Waals surface area contributed by atoms with Crippen molar-refractivity contribution >= 4 is 0 Å². The van der Waals surface area contributed by atoms with Crippen LogP contribution in [0.15, 0.2) is 18.2 Å². The zero-order valence-corrected chi connectivity index (χ0v) is 16.6. The van der Waals surface area contributed by atoms with E-state index in [0.717, 1.165) is 23.6 Å². The van der Waals surface area contributed by atoms with Crippen molar-refractivity contribution < 1.29 is 4.74 Å². The molecular formula is C23H35NO. The largest absolute Gasteiger partial charge is 0.496 e. The average molecular weight is 342 g/mol. The Balaban J connectivity index is 1.46. The Bertz CT molecular complexity index is 609. The summed E-state index contributed by atoms with van der Waals surface area (Å²) in [7, 11) is 1.82. The van der Waals surface area contributed by atoms with E-state index in [1.807, 2.05) is 7.11 Å². The number of piperidine rings is 1. The first-order valence-electron chi connectivity index (χ1n) is 10.4. The third-order valence-electron chi connectivity index (χ3n) is 7.23. The fraction of sp³-hybridized carbons (Fsp3) is 0.739. The van der Waals surface area contributed by atoms with Gasteiger partial charge >= 0.3 is 0 Å². The van der Waals surface area contributed by atoms with Gasteiger partial charge in [-0.05, 0) is 85.6 Å². The summed E-state index contributed by atoms with van der Waals surface area (Å²) in [6, 6.07) is 7.77. The van der Waals surface area contributed by atoms with Gasteiger partial charge in [-0.2, -0.15) is 0 Å². The summed E-state index contributed by atoms with van der Waals surface area (Å²) in [5.41, 5.74) is 3.08. The van der Waals surface area contributed by atoms with E-state index in [4.69, 9.17) is 4.74 Å². The van der Waals surface area contributed by atoms with Crippen LogP contribution in [-0.2, 0) is 5.41 Å². The second-order valence-corrected chi connectivity index (χ2v) is 9.76. The summed E-state index contributed by atoms with van der Waals surface area (Å²) in [4.78, 5) is 2.83. The summed E-state index contributed by atoms with van der Waals surface area (Å²) in [5.74, 6) is 3.81. The molecule has 3 fully saturated rings. The van der Waals surface area contributed by atoms with E-state index in [2.05, 4.69) is 43.9 Å². The molecule has 0 amide bonds. The smallest absolute Gasteiger partial charge is 0.122 e. The summed E-state index contributed by atoms with van der Waals surface area (Å²) in [6.07, 6.45) is 8.59. The van der Waals surface area contributed by atoms with Gasteiger partial charge in [-0.15, -0.1) is 0 Å². The average Bonchev–Trinajstić information content (AvgIpc) is 3.24. The number of hydrogen-bond acceptors (Lipinski definition) is 2. The van der Waals surface area contributed by atoms with Crippen LogP contribution in [0.2, 0.25) is 0 Å². The molecule has 0 N–H and O–H groups in total. The van der Waals surface area contributed by atoms with Gasteiger partial charge in [-0.3, -0.25) is 0 Å². The maximum atomic E-state index is 5.72. The number of likely N-dealkylation sites (tertiary alicyclic amines) is 1. The predicted molar refractivity (Wildman–Crippen MR) is 104 cm³/mol. The number of hydrogen-bond donors (Lipinski definition) is 0. The number of fused-ring (bicyclic) bond motifs is 2. The van der Waals surface area contributed by atoms with Gasteiger partial charge in [0, 0.05) is 6.04 Å². The maximum Gasteiger partial charge on any atom is 0.122 e. The van der Waals surface area contributed by atoms with Crippen molar-refractivity contribution in [3.63, 3.8) is 0 Å². The second-order valence-electron chi connectivity index (χ2n) is 9.76. The van der Waals surface area contributed by atoms with Gasteiger partial charge in [0.15, 0.2) is 0 Å². The van der Waals surface area contributed by atoms with E-state index in [9.17, 15) is 0 Å². The molecular weight excluding hydrogens is 306 g/mol. The topological polar surface area (TPSA) is 12.5 Å². The van der Waals surface area contributed by atoms with Gasteiger partial charge in [0.25, 0.3) is 0 Å². The minimum absolute atomic E-state index is 0.199. The van der Waals surface area contributed by atoms with Crippen molar-refractivity contribution in [3.8, 4) is 5.75 Å². The zero-order valence-electron chi connectivity index (χ0n) is 16.6. The van der Waals surface area contributed by atoms with Gasteiger partial charge in [-0.1, -0.05) is 39.3 Å². The molecule has 0 aromatic heterocycles. The Morgan fingerprint density at radius 2 is 1.76 bits per heavy atom. The third kappa shape index (κ3) is 3.35. The highest BCUT2D eigenvalue weighted by molar-refractivity contribution is 5.42. The van der Waals surface area contributed by atoms with Crippen molar-refractivity contribution in [2.24, 2.45) is 11.8 Å². The van der Waals surface area contributed by atoms with E-state index in [1.54, 1.807) is 0 Å². The van der Waals surface area contributed by atoms with Crippen LogP contribution in [0.4, 0.5) is 0 Å². The van der Waals surface area contributed by atoms with Gasteiger partial charge < -0.3 is 9.64 Å². The van der Waals surface area contributed by atoms with Crippen LogP contribution in [0.1, 0.15) is 76.3 Å². The molecule has 3 aliphatic rings. The van der Waals surface area contributed by atoms with Gasteiger partial charge in [0.05, 0.1) is 7.11 Å². The fourth-order valence-corrected chi connectivity index (χ4v) is 5.72. The summed E-state index contributed by atoms with van der Waals surface area (Å²) in [6.45, 7) is 9.46. The van der Waals surface area contributed by atoms with Crippen LogP contribution < -0.4 is 4.74 Å². The highest BCUT2D eigenvalue weighted by atomic mass is 16.5. The summed E-state index contributed by atoms with van der Waals surface area (Å²) >= 11 is 0. The lowest BCUT2D eigenvalue weighted by atomic mass is 9.81. The minimum Gasteiger partial charge on any atom is -0.496 e. The third-order valence-corrected chi connectivity index (χ3v) is 7.23. The Hall–Kier alpha value is -1.02. The SMILES string of the molecule is COc1ccc(C(C)(C)C)cc1C1CCN([C@@H]2C[C@H]3CCC2C3)CC1. The van der Waals surface area contributed by atoms with Gasteiger partial charge in [0.1, 0.15) is 5.75 Å². The molecule has 25 heavy (non-hydrogen) atoms. The number of rotatable bonds is 3. The Labute approximate surface area is 153 Å². The van der Waals surface area contributed by atoms with Gasteiger partial charge in [0.2, 0.25) is 0 Å². The lowest BCUT2D eigenvalue weighted by molar-refractivity contribution is 0.110. The molecule has 1 aromatic carbocycles. The molecule has 2 nitrogen and oxygen atoms in total. The van der Waals surface area contributed by atoms with Crippen molar-refractivity contribution in [1.29, 1.82) is 0 Å². The Morgan fingerprint density at radius 1 is 1.00 bits per heavy atom. The Morgan fingerprint density at radius 3 is 2.32 bits per heavy atom. The number of benzene rings is 1. The molecule has 2 aliphatic carbocycles. The number of nitrogens with zero attached hydrogens (tertiary/aromatic N) is 1. The van der Waals surface area contributed by atoms with E-state index in [-0.39, 0.29) is 5.41 Å². The van der Waals surface area contributed by atoms with E-state index >= 15 is 0 Å². The number of methoxy groups -OCH3 is 1. The molecule has 1 aromatic rings. The van der Waals surface area contributed by atoms with Crippen LogP contribution in [0.5, 0.6) is 5.75 Å².